The molecule has 0 spiro atoms. The van der Waals surface area contributed by atoms with Gasteiger partial charge in [-0.1, -0.05) is 27.2 Å². The maximum absolute atomic E-state index is 5.84. The molecular formula is C21H34IN5O2. The predicted octanol–water partition coefficient (Wildman–Crippen LogP) is 4.08. The zero-order chi connectivity index (χ0) is 20.0. The maximum Gasteiger partial charge on any atom is 0.213 e. The van der Waals surface area contributed by atoms with Gasteiger partial charge in [-0.3, -0.25) is 9.89 Å². The fourth-order valence-electron chi connectivity index (χ4n) is 3.43. The van der Waals surface area contributed by atoms with Crippen molar-refractivity contribution in [3.05, 3.63) is 42.0 Å². The molecule has 7 nitrogen and oxygen atoms in total. The molecule has 29 heavy (non-hydrogen) atoms. The number of halogens is 1. The van der Waals surface area contributed by atoms with E-state index in [0.29, 0.717) is 12.4 Å². The minimum atomic E-state index is -0.0458. The lowest BCUT2D eigenvalue weighted by Gasteiger charge is -2.33. The molecule has 3 rings (SSSR count). The quantitative estimate of drug-likeness (QED) is 0.343. The molecule has 1 aliphatic heterocycles. The van der Waals surface area contributed by atoms with Gasteiger partial charge in [-0.15, -0.1) is 24.0 Å². The van der Waals surface area contributed by atoms with Crippen LogP contribution in [0.25, 0.3) is 0 Å². The molecule has 2 N–H and O–H groups in total. The number of hydrogen-bond donors (Lipinski definition) is 2. The summed E-state index contributed by atoms with van der Waals surface area (Å²) < 4.78 is 11.6. The molecule has 1 fully saturated rings. The number of aromatic nitrogens is 1. The van der Waals surface area contributed by atoms with Gasteiger partial charge >= 0.3 is 0 Å². The summed E-state index contributed by atoms with van der Waals surface area (Å²) in [6.45, 7) is 9.76. The number of rotatable bonds is 6. The lowest BCUT2D eigenvalue weighted by Crippen LogP contribution is -2.44. The zero-order valence-electron chi connectivity index (χ0n) is 17.9. The summed E-state index contributed by atoms with van der Waals surface area (Å²) >= 11 is 0. The second-order valence-electron chi connectivity index (χ2n) is 8.30. The number of nitrogens with zero attached hydrogens (tertiary/aromatic N) is 3. The van der Waals surface area contributed by atoms with Crippen LogP contribution in [0.2, 0.25) is 0 Å². The van der Waals surface area contributed by atoms with Gasteiger partial charge in [-0.25, -0.2) is 4.98 Å². The summed E-state index contributed by atoms with van der Waals surface area (Å²) in [5, 5.41) is 6.72. The molecule has 2 aromatic heterocycles. The fraction of sp³-hybridized carbons (Fsp3) is 0.619. The number of aliphatic imine (C=N–C) groups is 1. The molecule has 2 aromatic rings. The van der Waals surface area contributed by atoms with E-state index >= 15 is 0 Å². The Bertz CT molecular complexity index is 745. The fourth-order valence-corrected chi connectivity index (χ4v) is 3.43. The Labute approximate surface area is 190 Å². The lowest BCUT2D eigenvalue weighted by atomic mass is 9.94. The van der Waals surface area contributed by atoms with Gasteiger partial charge in [0.05, 0.1) is 25.0 Å². The number of likely N-dealkylation sites (tertiary alicyclic amines) is 1. The molecular weight excluding hydrogens is 481 g/mol. The van der Waals surface area contributed by atoms with Crippen LogP contribution in [0.3, 0.4) is 0 Å². The third kappa shape index (κ3) is 6.74. The normalized spacial score (nSPS) is 16.9. The minimum Gasteiger partial charge on any atom is -0.468 e. The van der Waals surface area contributed by atoms with Gasteiger partial charge in [-0.05, 0) is 38.1 Å². The van der Waals surface area contributed by atoms with Crippen LogP contribution in [-0.4, -0.2) is 42.5 Å². The predicted molar refractivity (Wildman–Crippen MR) is 126 cm³/mol. The zero-order valence-corrected chi connectivity index (χ0v) is 20.2. The molecule has 0 aliphatic carbocycles. The maximum atomic E-state index is 5.84. The minimum absolute atomic E-state index is 0. The first-order valence-corrected chi connectivity index (χ1v) is 10.1. The topological polar surface area (TPSA) is 78.8 Å². The highest BCUT2D eigenvalue weighted by atomic mass is 127. The third-order valence-electron chi connectivity index (χ3n) is 5.09. The molecule has 1 unspecified atom stereocenters. The van der Waals surface area contributed by atoms with Crippen LogP contribution in [0.15, 0.2) is 38.4 Å². The monoisotopic (exact) mass is 515 g/mol. The van der Waals surface area contributed by atoms with E-state index in [1.54, 1.807) is 19.5 Å². The van der Waals surface area contributed by atoms with E-state index in [4.69, 9.17) is 8.83 Å². The van der Waals surface area contributed by atoms with Crippen molar-refractivity contribution in [1.29, 1.82) is 0 Å². The van der Waals surface area contributed by atoms with Crippen LogP contribution in [0, 0.1) is 0 Å². The number of hydrogen-bond acceptors (Lipinski definition) is 5. The van der Waals surface area contributed by atoms with Gasteiger partial charge in [0, 0.05) is 19.0 Å². The van der Waals surface area contributed by atoms with Crippen LogP contribution in [-0.2, 0) is 12.0 Å². The van der Waals surface area contributed by atoms with Crippen molar-refractivity contribution in [2.75, 3.05) is 26.7 Å². The largest absolute Gasteiger partial charge is 0.468 e. The standard InChI is InChI=1S/C21H33N5O2.HI/c1-21(2,3)18-14-23-19(28-18)15-25-20(22-4)24-13-16(17-9-8-12-27-17)26-10-6-5-7-11-26;/h8-9,12,14,16H,5-7,10-11,13,15H2,1-4H3,(H2,22,24,25);1H. The van der Waals surface area contributed by atoms with E-state index in [9.17, 15) is 0 Å². The Kier molecular flexibility index (Phi) is 9.01. The molecule has 162 valence electrons. The summed E-state index contributed by atoms with van der Waals surface area (Å²) in [5.41, 5.74) is -0.0458. The van der Waals surface area contributed by atoms with Gasteiger partial charge in [0.15, 0.2) is 5.96 Å². The average molecular weight is 515 g/mol. The van der Waals surface area contributed by atoms with E-state index in [1.165, 1.54) is 19.3 Å². The van der Waals surface area contributed by atoms with Crippen molar-refractivity contribution < 1.29 is 8.83 Å². The molecule has 0 amide bonds. The van der Waals surface area contributed by atoms with Crippen LogP contribution in [0.5, 0.6) is 0 Å². The molecule has 0 radical (unpaired) electrons. The smallest absolute Gasteiger partial charge is 0.213 e. The lowest BCUT2D eigenvalue weighted by molar-refractivity contribution is 0.146. The number of guanidine groups is 1. The first kappa shape index (κ1) is 23.7. The van der Waals surface area contributed by atoms with E-state index in [2.05, 4.69) is 52.3 Å². The molecule has 1 saturated heterocycles. The van der Waals surface area contributed by atoms with Gasteiger partial charge in [-0.2, -0.15) is 0 Å². The Morgan fingerprint density at radius 1 is 1.24 bits per heavy atom. The Balaban J connectivity index is 0.00000300. The van der Waals surface area contributed by atoms with Crippen molar-refractivity contribution in [3.8, 4) is 0 Å². The van der Waals surface area contributed by atoms with Gasteiger partial charge in [0.25, 0.3) is 0 Å². The Morgan fingerprint density at radius 3 is 2.59 bits per heavy atom. The van der Waals surface area contributed by atoms with Gasteiger partial charge in [0.2, 0.25) is 5.89 Å². The van der Waals surface area contributed by atoms with Crippen LogP contribution >= 0.6 is 24.0 Å². The van der Waals surface area contributed by atoms with Crippen LogP contribution in [0.1, 0.15) is 63.5 Å². The Hall–Kier alpha value is -1.55. The Morgan fingerprint density at radius 2 is 2.00 bits per heavy atom. The van der Waals surface area contributed by atoms with E-state index in [0.717, 1.165) is 37.1 Å². The summed E-state index contributed by atoms with van der Waals surface area (Å²) in [5.74, 6) is 3.26. The van der Waals surface area contributed by atoms with Crippen LogP contribution < -0.4 is 10.6 Å². The average Bonchev–Trinajstić information content (AvgIpc) is 3.37. The molecule has 1 atom stereocenters. The van der Waals surface area contributed by atoms with E-state index in [-0.39, 0.29) is 35.4 Å². The number of piperidine rings is 1. The van der Waals surface area contributed by atoms with Gasteiger partial charge in [0.1, 0.15) is 11.5 Å². The summed E-state index contributed by atoms with van der Waals surface area (Å²) in [6, 6.07) is 4.20. The highest BCUT2D eigenvalue weighted by molar-refractivity contribution is 14.0. The highest BCUT2D eigenvalue weighted by Gasteiger charge is 2.24. The number of nitrogens with one attached hydrogen (secondary N) is 2. The summed E-state index contributed by atoms with van der Waals surface area (Å²) in [7, 11) is 1.77. The van der Waals surface area contributed by atoms with Gasteiger partial charge < -0.3 is 19.5 Å². The van der Waals surface area contributed by atoms with E-state index in [1.807, 2.05) is 6.07 Å². The summed E-state index contributed by atoms with van der Waals surface area (Å²) in [4.78, 5) is 11.2. The van der Waals surface area contributed by atoms with E-state index < -0.39 is 0 Å². The molecule has 1 aliphatic rings. The second kappa shape index (κ2) is 11.0. The van der Waals surface area contributed by atoms with Crippen molar-refractivity contribution >= 4 is 29.9 Å². The SMILES string of the molecule is CN=C(NCc1ncc(C(C)(C)C)o1)NCC(c1ccco1)N1CCCCC1.I. The second-order valence-corrected chi connectivity index (χ2v) is 8.30. The van der Waals surface area contributed by atoms with Crippen molar-refractivity contribution in [3.63, 3.8) is 0 Å². The highest BCUT2D eigenvalue weighted by Crippen LogP contribution is 2.25. The summed E-state index contributed by atoms with van der Waals surface area (Å²) in [6.07, 6.45) is 7.34. The number of oxazole rings is 1. The van der Waals surface area contributed by atoms with Crippen molar-refractivity contribution in [2.24, 2.45) is 4.99 Å². The van der Waals surface area contributed by atoms with Crippen molar-refractivity contribution in [2.45, 2.75) is 58.0 Å². The van der Waals surface area contributed by atoms with Crippen molar-refractivity contribution in [1.82, 2.24) is 20.5 Å². The molecule has 0 aromatic carbocycles. The first-order chi connectivity index (χ1) is 13.5. The molecule has 3 heterocycles. The molecule has 0 saturated carbocycles. The van der Waals surface area contributed by atoms with Crippen LogP contribution in [0.4, 0.5) is 0 Å². The first-order valence-electron chi connectivity index (χ1n) is 10.1. The molecule has 0 bridgehead atoms. The molecule has 8 heteroatoms. The number of furan rings is 1. The third-order valence-corrected chi connectivity index (χ3v) is 5.09.